The lowest BCUT2D eigenvalue weighted by Crippen LogP contribution is -2.63. The van der Waals surface area contributed by atoms with E-state index in [9.17, 15) is 43.9 Å². The molecule has 0 N–H and O–H groups in total. The fourth-order valence-corrected chi connectivity index (χ4v) is 6.33. The molecule has 0 atom stereocenters. The van der Waals surface area contributed by atoms with Crippen LogP contribution >= 0.6 is 0 Å². The second kappa shape index (κ2) is 7.82. The van der Waals surface area contributed by atoms with E-state index in [4.69, 9.17) is 0 Å². The van der Waals surface area contributed by atoms with Gasteiger partial charge in [-0.3, -0.25) is 0 Å². The van der Waals surface area contributed by atoms with Crippen LogP contribution in [0.3, 0.4) is 0 Å². The van der Waals surface area contributed by atoms with E-state index in [1.807, 2.05) is 0 Å². The molecule has 32 heavy (non-hydrogen) atoms. The van der Waals surface area contributed by atoms with Crippen LogP contribution in [0, 0.1) is 58.2 Å². The van der Waals surface area contributed by atoms with Crippen molar-refractivity contribution in [2.24, 2.45) is 0 Å². The molecule has 0 aliphatic heterocycles. The number of halogens is 10. The Hall–Kier alpha value is -2.50. The van der Waals surface area contributed by atoms with E-state index in [0.717, 1.165) is 0 Å². The summed E-state index contributed by atoms with van der Waals surface area (Å²) < 4.78 is 143. The van der Waals surface area contributed by atoms with Gasteiger partial charge in [-0.1, -0.05) is 43.9 Å². The highest BCUT2D eigenvalue weighted by Gasteiger charge is 2.55. The zero-order valence-corrected chi connectivity index (χ0v) is 17.7. The van der Waals surface area contributed by atoms with Crippen molar-refractivity contribution in [3.63, 3.8) is 0 Å². The maximum absolute atomic E-state index is 14.8. The van der Waals surface area contributed by atoms with E-state index in [1.54, 1.807) is 0 Å². The third-order valence-corrected chi connectivity index (χ3v) is 8.92. The molecule has 1 aliphatic rings. The van der Waals surface area contributed by atoms with Gasteiger partial charge in [0.2, 0.25) is 6.71 Å². The molecule has 0 bridgehead atoms. The summed E-state index contributed by atoms with van der Waals surface area (Å²) in [7, 11) is -3.01. The fourth-order valence-electron chi connectivity index (χ4n) is 3.98. The zero-order valence-electron chi connectivity index (χ0n) is 16.7. The van der Waals surface area contributed by atoms with Gasteiger partial charge in [0.15, 0.2) is 58.2 Å². The largest absolute Gasteiger partial charge is 0.236 e. The SMILES string of the molecule is C[Si](C)(C)C1(B(c2c(F)c(F)c(F)c(F)c2F)c2c(F)c(F)c(F)c(F)c2F)C=CC=C1. The molecular formula is C20H13BF10Si. The Morgan fingerprint density at radius 2 is 0.750 bits per heavy atom. The maximum Gasteiger partial charge on any atom is 0.236 e. The monoisotopic (exact) mass is 482 g/mol. The predicted octanol–water partition coefficient (Wildman–Crippen LogP) is 5.43. The smallest absolute Gasteiger partial charge is 0.204 e. The molecule has 0 saturated carbocycles. The molecule has 12 heteroatoms. The van der Waals surface area contributed by atoms with Crippen molar-refractivity contribution in [1.82, 2.24) is 0 Å². The standard InChI is InChI=1S/C20H13BF10Si/c1-32(2,3)20(6-4-5-7-20)21(8-10(22)14(26)18(30)15(27)11(8)23)9-12(24)16(28)19(31)17(29)13(9)25/h4-7H,1-3H3. The van der Waals surface area contributed by atoms with Crippen molar-refractivity contribution in [2.75, 3.05) is 0 Å². The summed E-state index contributed by atoms with van der Waals surface area (Å²) >= 11 is 0. The molecule has 2 aromatic rings. The second-order valence-corrected chi connectivity index (χ2v) is 13.7. The van der Waals surface area contributed by atoms with Crippen molar-refractivity contribution in [2.45, 2.75) is 24.6 Å². The number of allylic oxidation sites excluding steroid dienone is 4. The molecule has 0 spiro atoms. The molecule has 1 aliphatic carbocycles. The first kappa shape index (κ1) is 24.2. The minimum Gasteiger partial charge on any atom is -0.204 e. The van der Waals surface area contributed by atoms with Gasteiger partial charge in [-0.15, -0.1) is 0 Å². The number of hydrogen-bond acceptors (Lipinski definition) is 0. The predicted molar refractivity (Wildman–Crippen MR) is 102 cm³/mol. The lowest BCUT2D eigenvalue weighted by atomic mass is 9.32. The van der Waals surface area contributed by atoms with Crippen molar-refractivity contribution >= 4 is 25.7 Å². The van der Waals surface area contributed by atoms with Crippen LogP contribution in [0.25, 0.3) is 0 Å². The van der Waals surface area contributed by atoms with Crippen molar-refractivity contribution in [3.05, 3.63) is 82.5 Å². The molecule has 0 saturated heterocycles. The van der Waals surface area contributed by atoms with E-state index >= 15 is 0 Å². The van der Waals surface area contributed by atoms with Gasteiger partial charge in [0, 0.05) is 10.9 Å². The Morgan fingerprint density at radius 1 is 0.500 bits per heavy atom. The first-order chi connectivity index (χ1) is 14.7. The highest BCUT2D eigenvalue weighted by Crippen LogP contribution is 2.47. The van der Waals surface area contributed by atoms with Gasteiger partial charge in [0.25, 0.3) is 0 Å². The second-order valence-electron chi connectivity index (χ2n) is 8.30. The Balaban J connectivity index is 2.60. The molecule has 0 aromatic heterocycles. The fraction of sp³-hybridized carbons (Fsp3) is 0.200. The van der Waals surface area contributed by atoms with Crippen LogP contribution in [0.1, 0.15) is 0 Å². The highest BCUT2D eigenvalue weighted by atomic mass is 28.3. The first-order valence-corrected chi connectivity index (χ1v) is 12.6. The molecule has 0 fully saturated rings. The van der Waals surface area contributed by atoms with E-state index < -0.39 is 88.8 Å². The third kappa shape index (κ3) is 3.22. The normalized spacial score (nSPS) is 15.0. The van der Waals surface area contributed by atoms with Crippen LogP contribution in [0.15, 0.2) is 24.3 Å². The van der Waals surface area contributed by atoms with E-state index in [0.29, 0.717) is 0 Å². The maximum atomic E-state index is 14.8. The lowest BCUT2D eigenvalue weighted by molar-refractivity contribution is 0.382. The van der Waals surface area contributed by atoms with Crippen LogP contribution in [0.5, 0.6) is 0 Å². The van der Waals surface area contributed by atoms with Crippen LogP contribution in [-0.2, 0) is 0 Å². The molecule has 0 heterocycles. The van der Waals surface area contributed by atoms with Gasteiger partial charge in [-0.05, 0) is 4.94 Å². The Bertz CT molecular complexity index is 1040. The summed E-state index contributed by atoms with van der Waals surface area (Å²) in [6.07, 6.45) is 5.01. The van der Waals surface area contributed by atoms with Gasteiger partial charge in [-0.2, -0.15) is 0 Å². The molecule has 2 aromatic carbocycles. The quantitative estimate of drug-likeness (QED) is 0.236. The summed E-state index contributed by atoms with van der Waals surface area (Å²) in [6.45, 7) is 2.16. The van der Waals surface area contributed by atoms with E-state index in [2.05, 4.69) is 0 Å². The molecule has 0 radical (unpaired) electrons. The summed E-state index contributed by atoms with van der Waals surface area (Å²) in [4.78, 5) is -1.82. The molecule has 170 valence electrons. The molecule has 0 amide bonds. The van der Waals surface area contributed by atoms with Gasteiger partial charge in [-0.25, -0.2) is 43.9 Å². The lowest BCUT2D eigenvalue weighted by Gasteiger charge is -2.43. The average Bonchev–Trinajstić information content (AvgIpc) is 3.23. The summed E-state index contributed by atoms with van der Waals surface area (Å²) in [5, 5.41) is 0. The number of hydrogen-bond donors (Lipinski definition) is 0. The van der Waals surface area contributed by atoms with Gasteiger partial charge in [0.1, 0.15) is 0 Å². The van der Waals surface area contributed by atoms with E-state index in [-0.39, 0.29) is 0 Å². The van der Waals surface area contributed by atoms with Gasteiger partial charge in [0.05, 0.1) is 8.07 Å². The first-order valence-electron chi connectivity index (χ1n) is 9.08. The molecular weight excluding hydrogens is 469 g/mol. The summed E-state index contributed by atoms with van der Waals surface area (Å²) in [5.74, 6) is -24.4. The van der Waals surface area contributed by atoms with Crippen molar-refractivity contribution in [3.8, 4) is 0 Å². The topological polar surface area (TPSA) is 0 Å². The Morgan fingerprint density at radius 3 is 1.00 bits per heavy atom. The third-order valence-electron chi connectivity index (χ3n) is 5.70. The average molecular weight is 482 g/mol. The van der Waals surface area contributed by atoms with E-state index in [1.165, 1.54) is 43.9 Å². The van der Waals surface area contributed by atoms with Crippen LogP contribution in [-0.4, -0.2) is 14.8 Å². The Labute approximate surface area is 177 Å². The molecule has 0 nitrogen and oxygen atoms in total. The van der Waals surface area contributed by atoms with Gasteiger partial charge < -0.3 is 0 Å². The number of rotatable bonds is 4. The summed E-state index contributed by atoms with van der Waals surface area (Å²) in [6, 6.07) is 0. The van der Waals surface area contributed by atoms with Crippen LogP contribution in [0.2, 0.25) is 24.6 Å². The summed E-state index contributed by atoms with van der Waals surface area (Å²) in [5.41, 5.74) is -3.38. The minimum absolute atomic E-state index is 1.21. The Kier molecular flexibility index (Phi) is 5.90. The van der Waals surface area contributed by atoms with Crippen molar-refractivity contribution < 1.29 is 43.9 Å². The highest BCUT2D eigenvalue weighted by molar-refractivity contribution is 7.03. The van der Waals surface area contributed by atoms with Crippen LogP contribution in [0.4, 0.5) is 43.9 Å². The van der Waals surface area contributed by atoms with Crippen molar-refractivity contribution in [1.29, 1.82) is 0 Å². The van der Waals surface area contributed by atoms with Crippen LogP contribution < -0.4 is 10.9 Å². The number of benzene rings is 2. The molecule has 0 unspecified atom stereocenters. The zero-order chi connectivity index (χ0) is 24.3. The molecule has 3 rings (SSSR count). The minimum atomic E-state index is -3.01. The van der Waals surface area contributed by atoms with Gasteiger partial charge >= 0.3 is 0 Å².